The Morgan fingerprint density at radius 3 is 2.64 bits per heavy atom. The van der Waals surface area contributed by atoms with Crippen LogP contribution in [0.1, 0.15) is 16.7 Å². The SMILES string of the molecule is Cc1cc(C)c2nc3c(c(N)c2c1)CCN3c1ccccc1. The molecule has 0 radical (unpaired) electrons. The smallest absolute Gasteiger partial charge is 0.139 e. The molecule has 0 fully saturated rings. The van der Waals surface area contributed by atoms with E-state index in [1.807, 2.05) is 6.07 Å². The van der Waals surface area contributed by atoms with Gasteiger partial charge in [-0.3, -0.25) is 0 Å². The van der Waals surface area contributed by atoms with Crippen LogP contribution in [0.3, 0.4) is 0 Å². The monoisotopic (exact) mass is 289 g/mol. The third-order valence-electron chi connectivity index (χ3n) is 4.46. The van der Waals surface area contributed by atoms with Crippen molar-refractivity contribution in [2.75, 3.05) is 17.2 Å². The molecule has 0 atom stereocenters. The molecule has 0 aliphatic carbocycles. The van der Waals surface area contributed by atoms with E-state index in [2.05, 4.69) is 55.1 Å². The van der Waals surface area contributed by atoms with E-state index in [4.69, 9.17) is 10.7 Å². The highest BCUT2D eigenvalue weighted by atomic mass is 15.2. The lowest BCUT2D eigenvalue weighted by molar-refractivity contribution is 0.992. The van der Waals surface area contributed by atoms with Crippen LogP contribution in [0.25, 0.3) is 10.9 Å². The molecule has 3 nitrogen and oxygen atoms in total. The Morgan fingerprint density at radius 1 is 1.09 bits per heavy atom. The van der Waals surface area contributed by atoms with Crippen LogP contribution in [0.5, 0.6) is 0 Å². The van der Waals surface area contributed by atoms with Crippen molar-refractivity contribution in [3.05, 3.63) is 59.2 Å². The molecule has 1 aliphatic heterocycles. The van der Waals surface area contributed by atoms with E-state index in [1.54, 1.807) is 0 Å². The molecule has 3 aromatic rings. The van der Waals surface area contributed by atoms with Crippen LogP contribution < -0.4 is 10.6 Å². The molecule has 0 unspecified atom stereocenters. The Balaban J connectivity index is 1.97. The Morgan fingerprint density at radius 2 is 1.86 bits per heavy atom. The summed E-state index contributed by atoms with van der Waals surface area (Å²) in [5.41, 5.74) is 13.2. The summed E-state index contributed by atoms with van der Waals surface area (Å²) in [5.74, 6) is 1.02. The van der Waals surface area contributed by atoms with Gasteiger partial charge in [0.1, 0.15) is 5.82 Å². The topological polar surface area (TPSA) is 42.1 Å². The maximum Gasteiger partial charge on any atom is 0.139 e. The minimum atomic E-state index is 0.894. The van der Waals surface area contributed by atoms with E-state index in [1.165, 1.54) is 22.4 Å². The van der Waals surface area contributed by atoms with Crippen molar-refractivity contribution in [3.63, 3.8) is 0 Å². The van der Waals surface area contributed by atoms with Gasteiger partial charge in [0.2, 0.25) is 0 Å². The number of hydrogen-bond donors (Lipinski definition) is 1. The van der Waals surface area contributed by atoms with Crippen molar-refractivity contribution in [3.8, 4) is 0 Å². The summed E-state index contributed by atoms with van der Waals surface area (Å²) in [5, 5.41) is 1.09. The number of aromatic nitrogens is 1. The van der Waals surface area contributed by atoms with Gasteiger partial charge in [0.05, 0.1) is 5.52 Å². The number of anilines is 3. The zero-order chi connectivity index (χ0) is 15.3. The molecular weight excluding hydrogens is 270 g/mol. The second kappa shape index (κ2) is 4.73. The number of nitrogen functional groups attached to an aromatic ring is 1. The number of para-hydroxylation sites is 1. The molecule has 2 heterocycles. The highest BCUT2D eigenvalue weighted by Crippen LogP contribution is 2.40. The Bertz CT molecular complexity index is 869. The summed E-state index contributed by atoms with van der Waals surface area (Å²) < 4.78 is 0. The number of benzene rings is 2. The van der Waals surface area contributed by atoms with Crippen LogP contribution in [0.4, 0.5) is 17.2 Å². The average molecular weight is 289 g/mol. The fraction of sp³-hybridized carbons (Fsp3) is 0.211. The second-order valence-electron chi connectivity index (χ2n) is 6.04. The molecule has 3 heteroatoms. The van der Waals surface area contributed by atoms with Gasteiger partial charge in [-0.1, -0.05) is 29.8 Å². The molecule has 1 aliphatic rings. The van der Waals surface area contributed by atoms with Crippen LogP contribution in [-0.2, 0) is 6.42 Å². The summed E-state index contributed by atoms with van der Waals surface area (Å²) in [6.45, 7) is 5.15. The van der Waals surface area contributed by atoms with Gasteiger partial charge in [-0.2, -0.15) is 0 Å². The van der Waals surface area contributed by atoms with Gasteiger partial charge < -0.3 is 10.6 Å². The third kappa shape index (κ3) is 1.86. The summed E-state index contributed by atoms with van der Waals surface area (Å²) >= 11 is 0. The predicted octanol–water partition coefficient (Wildman–Crippen LogP) is 4.13. The lowest BCUT2D eigenvalue weighted by Gasteiger charge is -2.19. The minimum absolute atomic E-state index is 0.894. The number of nitrogens with zero attached hydrogens (tertiary/aromatic N) is 2. The molecule has 1 aromatic heterocycles. The van der Waals surface area contributed by atoms with Gasteiger partial charge in [-0.25, -0.2) is 4.98 Å². The van der Waals surface area contributed by atoms with Crippen molar-refractivity contribution in [2.24, 2.45) is 0 Å². The predicted molar refractivity (Wildman–Crippen MR) is 92.8 cm³/mol. The largest absolute Gasteiger partial charge is 0.398 e. The fourth-order valence-electron chi connectivity index (χ4n) is 3.43. The van der Waals surface area contributed by atoms with E-state index >= 15 is 0 Å². The molecule has 2 N–H and O–H groups in total. The van der Waals surface area contributed by atoms with Gasteiger partial charge in [0.15, 0.2) is 0 Å². The van der Waals surface area contributed by atoms with E-state index in [-0.39, 0.29) is 0 Å². The maximum absolute atomic E-state index is 6.48. The highest BCUT2D eigenvalue weighted by Gasteiger charge is 2.26. The van der Waals surface area contributed by atoms with Crippen LogP contribution in [0.15, 0.2) is 42.5 Å². The standard InChI is InChI=1S/C19H19N3/c1-12-10-13(2)18-16(11-12)17(20)15-8-9-22(19(15)21-18)14-6-4-3-5-7-14/h3-7,10-11H,8-9H2,1-2H3,(H2,20,21). The van der Waals surface area contributed by atoms with Gasteiger partial charge in [-0.15, -0.1) is 0 Å². The third-order valence-corrected chi connectivity index (χ3v) is 4.46. The Hall–Kier alpha value is -2.55. The quantitative estimate of drug-likeness (QED) is 0.732. The summed E-state index contributed by atoms with van der Waals surface area (Å²) in [6.07, 6.45) is 0.950. The second-order valence-corrected chi connectivity index (χ2v) is 6.04. The molecule has 0 spiro atoms. The Labute approximate surface area is 130 Å². The normalized spacial score (nSPS) is 13.6. The van der Waals surface area contributed by atoms with E-state index < -0.39 is 0 Å². The number of hydrogen-bond acceptors (Lipinski definition) is 3. The molecule has 0 saturated heterocycles. The first-order valence-electron chi connectivity index (χ1n) is 7.67. The maximum atomic E-state index is 6.48. The molecule has 22 heavy (non-hydrogen) atoms. The molecule has 4 rings (SSSR count). The van der Waals surface area contributed by atoms with E-state index in [0.717, 1.165) is 35.4 Å². The van der Waals surface area contributed by atoms with Gasteiger partial charge in [0, 0.05) is 28.9 Å². The number of aryl methyl sites for hydroxylation is 2. The zero-order valence-electron chi connectivity index (χ0n) is 12.9. The minimum Gasteiger partial charge on any atom is -0.398 e. The van der Waals surface area contributed by atoms with Crippen LogP contribution in [0, 0.1) is 13.8 Å². The first-order chi connectivity index (χ1) is 10.6. The van der Waals surface area contributed by atoms with Gasteiger partial charge in [0.25, 0.3) is 0 Å². The van der Waals surface area contributed by atoms with Crippen LogP contribution in [0.2, 0.25) is 0 Å². The van der Waals surface area contributed by atoms with Gasteiger partial charge in [-0.05, 0) is 44.0 Å². The number of fused-ring (bicyclic) bond motifs is 2. The molecule has 2 aromatic carbocycles. The van der Waals surface area contributed by atoms with Crippen molar-refractivity contribution in [1.29, 1.82) is 0 Å². The highest BCUT2D eigenvalue weighted by molar-refractivity contribution is 5.97. The van der Waals surface area contributed by atoms with E-state index in [9.17, 15) is 0 Å². The Kier molecular flexibility index (Phi) is 2.83. The molecule has 0 bridgehead atoms. The first-order valence-corrected chi connectivity index (χ1v) is 7.67. The van der Waals surface area contributed by atoms with Crippen molar-refractivity contribution < 1.29 is 0 Å². The molecule has 0 saturated carbocycles. The summed E-state index contributed by atoms with van der Waals surface area (Å²) in [7, 11) is 0. The molecule has 110 valence electrons. The fourth-order valence-corrected chi connectivity index (χ4v) is 3.43. The lowest BCUT2D eigenvalue weighted by atomic mass is 10.0. The number of rotatable bonds is 1. The van der Waals surface area contributed by atoms with Crippen LogP contribution >= 0.6 is 0 Å². The average Bonchev–Trinajstić information content (AvgIpc) is 2.94. The van der Waals surface area contributed by atoms with Gasteiger partial charge >= 0.3 is 0 Å². The summed E-state index contributed by atoms with van der Waals surface area (Å²) in [4.78, 5) is 7.23. The van der Waals surface area contributed by atoms with E-state index in [0.29, 0.717) is 0 Å². The first kappa shape index (κ1) is 13.1. The van der Waals surface area contributed by atoms with Crippen molar-refractivity contribution in [1.82, 2.24) is 4.98 Å². The van der Waals surface area contributed by atoms with Crippen LogP contribution in [-0.4, -0.2) is 11.5 Å². The van der Waals surface area contributed by atoms with Crippen molar-refractivity contribution >= 4 is 28.1 Å². The zero-order valence-corrected chi connectivity index (χ0v) is 12.9. The lowest BCUT2D eigenvalue weighted by Crippen LogP contribution is -2.14. The molecule has 0 amide bonds. The van der Waals surface area contributed by atoms with Crippen molar-refractivity contribution in [2.45, 2.75) is 20.3 Å². The summed E-state index contributed by atoms with van der Waals surface area (Å²) in [6, 6.07) is 14.7. The number of nitrogens with two attached hydrogens (primary N) is 1. The number of pyridine rings is 1. The molecular formula is C19H19N3.